The summed E-state index contributed by atoms with van der Waals surface area (Å²) in [5, 5.41) is 15.3. The fourth-order valence-corrected chi connectivity index (χ4v) is 4.30. The van der Waals surface area contributed by atoms with Crippen molar-refractivity contribution in [2.24, 2.45) is 0 Å². The molecule has 3 heterocycles. The molecule has 0 radical (unpaired) electrons. The number of nitrogens with zero attached hydrogens (tertiary/aromatic N) is 6. The summed E-state index contributed by atoms with van der Waals surface area (Å²) in [6.07, 6.45) is 2.26. The van der Waals surface area contributed by atoms with Gasteiger partial charge in [-0.05, 0) is 25.0 Å². The quantitative estimate of drug-likeness (QED) is 0.474. The first-order chi connectivity index (χ1) is 15.8. The summed E-state index contributed by atoms with van der Waals surface area (Å²) in [5.74, 6) is 3.44. The number of fused-ring (bicyclic) bond motifs is 1. The molecule has 2 aliphatic rings. The van der Waals surface area contributed by atoms with Gasteiger partial charge in [0.15, 0.2) is 17.3 Å². The van der Waals surface area contributed by atoms with Crippen LogP contribution in [-0.2, 0) is 0 Å². The summed E-state index contributed by atoms with van der Waals surface area (Å²) in [7, 11) is 1.70. The zero-order valence-electron chi connectivity index (χ0n) is 17.9. The number of methoxy groups -OCH3 is 1. The maximum atomic E-state index is 5.53. The van der Waals surface area contributed by atoms with Crippen LogP contribution in [0.1, 0.15) is 24.6 Å². The lowest BCUT2D eigenvalue weighted by Crippen LogP contribution is -2.47. The van der Waals surface area contributed by atoms with Gasteiger partial charge in [-0.15, -0.1) is 10.2 Å². The van der Waals surface area contributed by atoms with Crippen LogP contribution in [0.15, 0.2) is 53.1 Å². The number of hydrogen-bond acceptors (Lipinski definition) is 8. The van der Waals surface area contributed by atoms with Crippen molar-refractivity contribution in [3.05, 3.63) is 54.4 Å². The third-order valence-electron chi connectivity index (χ3n) is 6.25. The van der Waals surface area contributed by atoms with Gasteiger partial charge in [0.1, 0.15) is 5.75 Å². The maximum absolute atomic E-state index is 5.53. The Kier molecular flexibility index (Phi) is 4.63. The molecule has 0 unspecified atom stereocenters. The fourth-order valence-electron chi connectivity index (χ4n) is 4.30. The molecule has 0 spiro atoms. The zero-order chi connectivity index (χ0) is 21.5. The van der Waals surface area contributed by atoms with E-state index in [4.69, 9.17) is 9.26 Å². The zero-order valence-corrected chi connectivity index (χ0v) is 17.9. The average Bonchev–Trinajstić information content (AvgIpc) is 3.60. The molecule has 1 aliphatic heterocycles. The van der Waals surface area contributed by atoms with Gasteiger partial charge in [0, 0.05) is 54.6 Å². The highest BCUT2D eigenvalue weighted by molar-refractivity contribution is 5.99. The van der Waals surface area contributed by atoms with Crippen LogP contribution in [0.4, 0.5) is 11.5 Å². The molecule has 0 atom stereocenters. The number of hydrogen-bond donors (Lipinski definition) is 0. The van der Waals surface area contributed by atoms with Gasteiger partial charge >= 0.3 is 0 Å². The molecule has 4 aromatic rings. The second-order valence-electron chi connectivity index (χ2n) is 8.33. The van der Waals surface area contributed by atoms with E-state index in [1.54, 1.807) is 7.11 Å². The van der Waals surface area contributed by atoms with Gasteiger partial charge in [0.25, 0.3) is 5.89 Å². The minimum atomic E-state index is 0.437. The Hall–Kier alpha value is -3.68. The van der Waals surface area contributed by atoms with Crippen molar-refractivity contribution >= 4 is 22.3 Å². The SMILES string of the molecule is COc1cccc(N2CCN(c3nnc(-c4nc(C5CC5)no4)c4ccccc34)CC2)c1. The molecular formula is C24H24N6O2. The standard InChI is InChI=1S/C24H24N6O2/c1-31-18-6-4-5-17(15-18)29-11-13-30(14-12-29)23-20-8-3-2-7-19(20)21(26-27-23)24-25-22(28-32-24)16-9-10-16/h2-8,15-16H,9-14H2,1H3. The van der Waals surface area contributed by atoms with E-state index < -0.39 is 0 Å². The van der Waals surface area contributed by atoms with E-state index in [1.165, 1.54) is 5.69 Å². The number of benzene rings is 2. The lowest BCUT2D eigenvalue weighted by molar-refractivity contribution is 0.414. The van der Waals surface area contributed by atoms with Gasteiger partial charge in [-0.3, -0.25) is 0 Å². The minimum absolute atomic E-state index is 0.437. The van der Waals surface area contributed by atoms with Crippen LogP contribution < -0.4 is 14.5 Å². The summed E-state index contributed by atoms with van der Waals surface area (Å²) in [4.78, 5) is 9.26. The average molecular weight is 428 g/mol. The van der Waals surface area contributed by atoms with Crippen LogP contribution >= 0.6 is 0 Å². The second kappa shape index (κ2) is 7.78. The highest BCUT2D eigenvalue weighted by Gasteiger charge is 2.30. The molecular weight excluding hydrogens is 404 g/mol. The van der Waals surface area contributed by atoms with E-state index in [-0.39, 0.29) is 0 Å². The minimum Gasteiger partial charge on any atom is -0.497 e. The van der Waals surface area contributed by atoms with Crippen LogP contribution in [0.5, 0.6) is 5.75 Å². The largest absolute Gasteiger partial charge is 0.497 e. The molecule has 2 aromatic carbocycles. The van der Waals surface area contributed by atoms with E-state index in [9.17, 15) is 0 Å². The molecule has 0 bridgehead atoms. The summed E-state index contributed by atoms with van der Waals surface area (Å²) >= 11 is 0. The molecule has 32 heavy (non-hydrogen) atoms. The topological polar surface area (TPSA) is 80.4 Å². The number of aromatic nitrogens is 4. The second-order valence-corrected chi connectivity index (χ2v) is 8.33. The van der Waals surface area contributed by atoms with Crippen LogP contribution in [0, 0.1) is 0 Å². The Morgan fingerprint density at radius 3 is 2.47 bits per heavy atom. The predicted octanol–water partition coefficient (Wildman–Crippen LogP) is 3.89. The molecule has 8 heteroatoms. The molecule has 2 fully saturated rings. The van der Waals surface area contributed by atoms with Crippen LogP contribution in [0.25, 0.3) is 22.4 Å². The Labute approximate surface area is 185 Å². The number of anilines is 2. The maximum Gasteiger partial charge on any atom is 0.279 e. The number of piperazine rings is 1. The van der Waals surface area contributed by atoms with Crippen LogP contribution in [0.3, 0.4) is 0 Å². The van der Waals surface area contributed by atoms with Crippen LogP contribution in [-0.4, -0.2) is 53.6 Å². The van der Waals surface area contributed by atoms with Crippen molar-refractivity contribution < 1.29 is 9.26 Å². The van der Waals surface area contributed by atoms with E-state index >= 15 is 0 Å². The summed E-state index contributed by atoms with van der Waals surface area (Å²) in [5.41, 5.74) is 1.83. The molecule has 6 rings (SSSR count). The first-order valence-electron chi connectivity index (χ1n) is 11.0. The molecule has 2 aromatic heterocycles. The van der Waals surface area contributed by atoms with Gasteiger partial charge in [0.2, 0.25) is 0 Å². The summed E-state index contributed by atoms with van der Waals surface area (Å²) in [6.45, 7) is 3.53. The number of rotatable bonds is 5. The van der Waals surface area contributed by atoms with E-state index in [0.717, 1.165) is 67.2 Å². The van der Waals surface area contributed by atoms with Crippen molar-refractivity contribution in [3.63, 3.8) is 0 Å². The highest BCUT2D eigenvalue weighted by Crippen LogP contribution is 2.39. The molecule has 1 aliphatic carbocycles. The van der Waals surface area contributed by atoms with Crippen molar-refractivity contribution in [1.29, 1.82) is 0 Å². The van der Waals surface area contributed by atoms with Crippen molar-refractivity contribution in [3.8, 4) is 17.3 Å². The van der Waals surface area contributed by atoms with Crippen LogP contribution in [0.2, 0.25) is 0 Å². The van der Waals surface area contributed by atoms with E-state index in [0.29, 0.717) is 17.5 Å². The normalized spacial score (nSPS) is 16.5. The van der Waals surface area contributed by atoms with Gasteiger partial charge < -0.3 is 19.1 Å². The Balaban J connectivity index is 1.27. The molecule has 0 N–H and O–H groups in total. The molecule has 1 saturated carbocycles. The predicted molar refractivity (Wildman–Crippen MR) is 122 cm³/mol. The Bertz CT molecular complexity index is 1260. The summed E-state index contributed by atoms with van der Waals surface area (Å²) in [6, 6.07) is 16.4. The molecule has 162 valence electrons. The Morgan fingerprint density at radius 2 is 1.69 bits per heavy atom. The fraction of sp³-hybridized carbons (Fsp3) is 0.333. The lowest BCUT2D eigenvalue weighted by Gasteiger charge is -2.37. The van der Waals surface area contributed by atoms with Gasteiger partial charge in [-0.25, -0.2) is 0 Å². The van der Waals surface area contributed by atoms with E-state index in [2.05, 4.69) is 54.4 Å². The van der Waals surface area contributed by atoms with Gasteiger partial charge in [-0.2, -0.15) is 4.98 Å². The van der Waals surface area contributed by atoms with E-state index in [1.807, 2.05) is 24.3 Å². The molecule has 8 nitrogen and oxygen atoms in total. The first kappa shape index (κ1) is 19.0. The monoisotopic (exact) mass is 428 g/mol. The highest BCUT2D eigenvalue weighted by atomic mass is 16.5. The summed E-state index contributed by atoms with van der Waals surface area (Å²) < 4.78 is 10.9. The Morgan fingerprint density at radius 1 is 0.906 bits per heavy atom. The van der Waals surface area contributed by atoms with Crippen molar-refractivity contribution in [2.45, 2.75) is 18.8 Å². The van der Waals surface area contributed by atoms with Gasteiger partial charge in [-0.1, -0.05) is 35.5 Å². The smallest absolute Gasteiger partial charge is 0.279 e. The molecule has 0 amide bonds. The molecule has 1 saturated heterocycles. The van der Waals surface area contributed by atoms with Crippen molar-refractivity contribution in [1.82, 2.24) is 20.3 Å². The van der Waals surface area contributed by atoms with Crippen molar-refractivity contribution in [2.75, 3.05) is 43.1 Å². The van der Waals surface area contributed by atoms with Gasteiger partial charge in [0.05, 0.1) is 7.11 Å². The number of ether oxygens (including phenoxy) is 1. The third-order valence-corrected chi connectivity index (χ3v) is 6.25. The first-order valence-corrected chi connectivity index (χ1v) is 11.0. The third kappa shape index (κ3) is 3.41. The lowest BCUT2D eigenvalue weighted by atomic mass is 10.1.